The Kier molecular flexibility index (Phi) is 10.5. The van der Waals surface area contributed by atoms with E-state index in [9.17, 15) is 18.0 Å². The second-order valence-electron chi connectivity index (χ2n) is 7.03. The van der Waals surface area contributed by atoms with Crippen molar-refractivity contribution in [2.45, 2.75) is 39.0 Å². The summed E-state index contributed by atoms with van der Waals surface area (Å²) in [6.07, 6.45) is -3.57. The molecule has 0 spiro atoms. The summed E-state index contributed by atoms with van der Waals surface area (Å²) in [6.45, 7) is 4.44. The fraction of sp³-hybridized carbons (Fsp3) is 0.600. The maximum absolute atomic E-state index is 12.4. The van der Waals surface area contributed by atoms with Crippen molar-refractivity contribution >= 4 is 11.9 Å². The number of nitrogens with zero attached hydrogens (tertiary/aromatic N) is 3. The molecular formula is C20H32F3N5O. The number of nitrogens with one attached hydrogen (secondary N) is 2. The molecule has 0 aromatic heterocycles. The Morgan fingerprint density at radius 3 is 2.41 bits per heavy atom. The first kappa shape index (κ1) is 24.7. The zero-order valence-electron chi connectivity index (χ0n) is 17.6. The average molecular weight is 416 g/mol. The highest BCUT2D eigenvalue weighted by Crippen LogP contribution is 2.15. The highest BCUT2D eigenvalue weighted by Gasteiger charge is 2.31. The van der Waals surface area contributed by atoms with Crippen LogP contribution in [0, 0.1) is 0 Å². The molecule has 164 valence electrons. The van der Waals surface area contributed by atoms with E-state index < -0.39 is 18.6 Å². The third-order valence-electron chi connectivity index (χ3n) is 4.44. The topological polar surface area (TPSA) is 60.0 Å². The molecule has 1 amide bonds. The number of alkyl halides is 3. The van der Waals surface area contributed by atoms with Crippen LogP contribution in [0.4, 0.5) is 13.2 Å². The summed E-state index contributed by atoms with van der Waals surface area (Å²) in [7, 11) is 3.18. The van der Waals surface area contributed by atoms with Gasteiger partial charge < -0.3 is 15.5 Å². The predicted molar refractivity (Wildman–Crippen MR) is 110 cm³/mol. The molecule has 1 aromatic carbocycles. The van der Waals surface area contributed by atoms with Crippen molar-refractivity contribution in [3.05, 3.63) is 35.9 Å². The van der Waals surface area contributed by atoms with Crippen LogP contribution in [0.1, 0.15) is 25.8 Å². The molecule has 0 aliphatic carbocycles. The first-order valence-corrected chi connectivity index (χ1v) is 9.69. The van der Waals surface area contributed by atoms with E-state index >= 15 is 0 Å². The van der Waals surface area contributed by atoms with E-state index in [1.807, 2.05) is 25.1 Å². The van der Waals surface area contributed by atoms with Gasteiger partial charge in [-0.3, -0.25) is 9.69 Å². The van der Waals surface area contributed by atoms with Crippen LogP contribution in [0.3, 0.4) is 0 Å². The number of rotatable bonds is 10. The van der Waals surface area contributed by atoms with Crippen LogP contribution in [0.15, 0.2) is 35.3 Å². The van der Waals surface area contributed by atoms with Crippen molar-refractivity contribution < 1.29 is 18.0 Å². The van der Waals surface area contributed by atoms with Crippen LogP contribution >= 0.6 is 0 Å². The van der Waals surface area contributed by atoms with Crippen molar-refractivity contribution in [1.29, 1.82) is 0 Å². The Hall–Kier alpha value is -2.29. The van der Waals surface area contributed by atoms with Gasteiger partial charge in [0.15, 0.2) is 5.96 Å². The lowest BCUT2D eigenvalue weighted by molar-refractivity contribution is -0.157. The van der Waals surface area contributed by atoms with Gasteiger partial charge in [-0.1, -0.05) is 30.3 Å². The minimum Gasteiger partial charge on any atom is -0.357 e. The van der Waals surface area contributed by atoms with Gasteiger partial charge >= 0.3 is 6.18 Å². The summed E-state index contributed by atoms with van der Waals surface area (Å²) in [5.74, 6) is -0.269. The van der Waals surface area contributed by atoms with Crippen molar-refractivity contribution in [3.63, 3.8) is 0 Å². The lowest BCUT2D eigenvalue weighted by atomic mass is 10.1. The number of guanidine groups is 1. The fourth-order valence-corrected chi connectivity index (χ4v) is 2.61. The van der Waals surface area contributed by atoms with Gasteiger partial charge in [-0.05, 0) is 32.9 Å². The zero-order valence-corrected chi connectivity index (χ0v) is 17.6. The number of likely N-dealkylation sites (N-methyl/N-ethyl adjacent to an activating group) is 1. The largest absolute Gasteiger partial charge is 0.406 e. The molecule has 9 heteroatoms. The Morgan fingerprint density at radius 1 is 1.17 bits per heavy atom. The number of halogens is 3. The number of aliphatic imine (C=N–C) groups is 1. The maximum atomic E-state index is 12.4. The molecule has 1 rings (SSSR count). The van der Waals surface area contributed by atoms with Gasteiger partial charge in [-0.25, -0.2) is 4.99 Å². The maximum Gasteiger partial charge on any atom is 0.406 e. The van der Waals surface area contributed by atoms with Crippen LogP contribution in [-0.2, 0) is 11.3 Å². The van der Waals surface area contributed by atoms with Crippen LogP contribution in [-0.4, -0.2) is 74.2 Å². The Morgan fingerprint density at radius 2 is 1.83 bits per heavy atom. The molecule has 0 saturated heterocycles. The quantitative estimate of drug-likeness (QED) is 0.455. The second-order valence-corrected chi connectivity index (χ2v) is 7.03. The molecule has 2 N–H and O–H groups in total. The fourth-order valence-electron chi connectivity index (χ4n) is 2.61. The predicted octanol–water partition coefficient (Wildman–Crippen LogP) is 2.47. The molecule has 0 bridgehead atoms. The molecule has 0 heterocycles. The number of hydrogen-bond donors (Lipinski definition) is 2. The second kappa shape index (κ2) is 12.3. The first-order valence-electron chi connectivity index (χ1n) is 9.69. The number of hydrogen-bond acceptors (Lipinski definition) is 3. The van der Waals surface area contributed by atoms with Crippen LogP contribution in [0.2, 0.25) is 0 Å². The van der Waals surface area contributed by atoms with Crippen molar-refractivity contribution in [2.24, 2.45) is 4.99 Å². The third-order valence-corrected chi connectivity index (χ3v) is 4.44. The molecule has 1 aromatic rings. The van der Waals surface area contributed by atoms with E-state index in [-0.39, 0.29) is 6.54 Å². The van der Waals surface area contributed by atoms with Gasteiger partial charge in [0.1, 0.15) is 13.1 Å². The van der Waals surface area contributed by atoms with Gasteiger partial charge in [-0.15, -0.1) is 0 Å². The molecule has 6 nitrogen and oxygen atoms in total. The van der Waals surface area contributed by atoms with Gasteiger partial charge in [0.25, 0.3) is 0 Å². The van der Waals surface area contributed by atoms with Crippen LogP contribution in [0.5, 0.6) is 0 Å². The summed E-state index contributed by atoms with van der Waals surface area (Å²) in [6, 6.07) is 10.5. The van der Waals surface area contributed by atoms with E-state index in [1.165, 1.54) is 5.56 Å². The van der Waals surface area contributed by atoms with E-state index in [0.717, 1.165) is 20.0 Å². The Balaban J connectivity index is 2.46. The van der Waals surface area contributed by atoms with Gasteiger partial charge in [0.05, 0.1) is 0 Å². The molecule has 29 heavy (non-hydrogen) atoms. The molecule has 0 fully saturated rings. The Bertz CT molecular complexity index is 637. The van der Waals surface area contributed by atoms with E-state index in [1.54, 1.807) is 0 Å². The minimum atomic E-state index is -4.42. The molecule has 1 unspecified atom stereocenters. The highest BCUT2D eigenvalue weighted by atomic mass is 19.4. The van der Waals surface area contributed by atoms with Gasteiger partial charge in [0.2, 0.25) is 5.91 Å². The smallest absolute Gasteiger partial charge is 0.357 e. The number of benzene rings is 1. The average Bonchev–Trinajstić information content (AvgIpc) is 2.65. The number of carbonyl (C=O) groups is 1. The molecule has 0 saturated carbocycles. The van der Waals surface area contributed by atoms with Gasteiger partial charge in [0, 0.05) is 32.7 Å². The summed E-state index contributed by atoms with van der Waals surface area (Å²) in [4.78, 5) is 18.8. The monoisotopic (exact) mass is 415 g/mol. The lowest BCUT2D eigenvalue weighted by Crippen LogP contribution is -2.41. The summed E-state index contributed by atoms with van der Waals surface area (Å²) >= 11 is 0. The number of amides is 1. The molecular weight excluding hydrogens is 383 g/mol. The third kappa shape index (κ3) is 10.7. The van der Waals surface area contributed by atoms with E-state index in [0.29, 0.717) is 30.0 Å². The molecule has 0 aliphatic heterocycles. The highest BCUT2D eigenvalue weighted by molar-refractivity contribution is 5.84. The summed E-state index contributed by atoms with van der Waals surface area (Å²) < 4.78 is 37.1. The summed E-state index contributed by atoms with van der Waals surface area (Å²) in [5, 5.41) is 6.13. The van der Waals surface area contributed by atoms with Crippen molar-refractivity contribution in [2.75, 3.05) is 40.3 Å². The van der Waals surface area contributed by atoms with Crippen molar-refractivity contribution in [3.8, 4) is 0 Å². The van der Waals surface area contributed by atoms with E-state index in [4.69, 9.17) is 0 Å². The van der Waals surface area contributed by atoms with Crippen LogP contribution < -0.4 is 10.6 Å². The molecule has 0 aliphatic rings. The summed E-state index contributed by atoms with van der Waals surface area (Å²) in [5.41, 5.74) is 1.24. The van der Waals surface area contributed by atoms with Crippen molar-refractivity contribution in [1.82, 2.24) is 20.4 Å². The van der Waals surface area contributed by atoms with E-state index in [2.05, 4.69) is 46.6 Å². The van der Waals surface area contributed by atoms with Crippen LogP contribution in [0.25, 0.3) is 0 Å². The normalized spacial score (nSPS) is 13.3. The zero-order chi connectivity index (χ0) is 21.9. The Labute approximate surface area is 171 Å². The minimum absolute atomic E-state index is 0.310. The molecule has 0 radical (unpaired) electrons. The first-order chi connectivity index (χ1) is 13.6. The SMILES string of the molecule is CCNC(=NCC(=O)N(C)CC(F)(F)F)NCCC(C)N(C)Cc1ccccc1. The number of carbonyl (C=O) groups excluding carboxylic acids is 1. The van der Waals surface area contributed by atoms with Gasteiger partial charge in [-0.2, -0.15) is 13.2 Å². The lowest BCUT2D eigenvalue weighted by Gasteiger charge is -2.25. The standard InChI is InChI=1S/C20H32F3N5O/c1-5-24-19(26-13-18(29)28(4)15-20(21,22)23)25-12-11-16(2)27(3)14-17-9-7-6-8-10-17/h6-10,16H,5,11-15H2,1-4H3,(H2,24,25,26). The molecule has 1 atom stereocenters.